The molecule has 1 heteroatoms. The molecule has 1 rings (SSSR count). The Kier molecular flexibility index (Phi) is 4.86. The highest BCUT2D eigenvalue weighted by atomic mass is 35.5. The smallest absolute Gasteiger partial charge is 0.0257 e. The number of hydrogen-bond acceptors (Lipinski definition) is 0. The zero-order valence-electron chi connectivity index (χ0n) is 11.1. The highest BCUT2D eigenvalue weighted by Gasteiger charge is 2.15. The summed E-state index contributed by atoms with van der Waals surface area (Å²) in [6.07, 6.45) is 1.11. The van der Waals surface area contributed by atoms with Gasteiger partial charge in [0.2, 0.25) is 0 Å². The minimum atomic E-state index is 0.585. The highest BCUT2D eigenvalue weighted by Crippen LogP contribution is 2.24. The fraction of sp³-hybridized carbons (Fsp3) is 0.600. The van der Waals surface area contributed by atoms with E-state index < -0.39 is 0 Å². The molecular weight excluding hydrogens is 216 g/mol. The molecule has 0 amide bonds. The van der Waals surface area contributed by atoms with Crippen LogP contribution in [0.5, 0.6) is 0 Å². The summed E-state index contributed by atoms with van der Waals surface area (Å²) in [7, 11) is 0. The van der Waals surface area contributed by atoms with Gasteiger partial charge >= 0.3 is 0 Å². The molecule has 0 radical (unpaired) electrons. The third-order valence-electron chi connectivity index (χ3n) is 3.45. The average molecular weight is 239 g/mol. The third kappa shape index (κ3) is 3.25. The molecule has 0 aliphatic rings. The van der Waals surface area contributed by atoms with Crippen molar-refractivity contribution in [2.45, 2.75) is 41.0 Å². The van der Waals surface area contributed by atoms with Gasteiger partial charge in [-0.15, -0.1) is 11.6 Å². The topological polar surface area (TPSA) is 0 Å². The molecule has 1 atom stereocenters. The molecule has 0 bridgehead atoms. The van der Waals surface area contributed by atoms with Crippen LogP contribution >= 0.6 is 11.6 Å². The molecule has 0 N–H and O–H groups in total. The molecule has 0 saturated heterocycles. The Hall–Kier alpha value is -0.490. The Bertz CT molecular complexity index is 329. The lowest BCUT2D eigenvalue weighted by atomic mass is 9.86. The van der Waals surface area contributed by atoms with Crippen molar-refractivity contribution in [1.29, 1.82) is 0 Å². The molecule has 90 valence electrons. The van der Waals surface area contributed by atoms with Crippen LogP contribution in [0.3, 0.4) is 0 Å². The minimum absolute atomic E-state index is 0.585. The first kappa shape index (κ1) is 13.6. The van der Waals surface area contributed by atoms with Gasteiger partial charge in [-0.1, -0.05) is 31.5 Å². The molecule has 1 aromatic rings. The Morgan fingerprint density at radius 3 is 1.94 bits per heavy atom. The predicted octanol–water partition coefficient (Wildman–Crippen LogP) is 4.67. The molecule has 0 heterocycles. The predicted molar refractivity (Wildman–Crippen MR) is 73.4 cm³/mol. The molecule has 0 aromatic heterocycles. The largest absolute Gasteiger partial charge is 0.126 e. The number of aryl methyl sites for hydroxylation is 3. The lowest BCUT2D eigenvalue weighted by molar-refractivity contribution is 0.421. The summed E-state index contributed by atoms with van der Waals surface area (Å²) in [5, 5.41) is 0. The number of rotatable bonds is 4. The van der Waals surface area contributed by atoms with Crippen molar-refractivity contribution in [2.75, 3.05) is 5.88 Å². The van der Waals surface area contributed by atoms with Crippen molar-refractivity contribution in [2.24, 2.45) is 11.8 Å². The second kappa shape index (κ2) is 5.72. The van der Waals surface area contributed by atoms with Crippen molar-refractivity contribution in [1.82, 2.24) is 0 Å². The Labute approximate surface area is 105 Å². The van der Waals surface area contributed by atoms with Crippen LogP contribution in [0.4, 0.5) is 0 Å². The van der Waals surface area contributed by atoms with Crippen LogP contribution < -0.4 is 0 Å². The first-order valence-electron chi connectivity index (χ1n) is 6.08. The number of halogens is 1. The maximum atomic E-state index is 6.05. The van der Waals surface area contributed by atoms with E-state index in [1.165, 1.54) is 22.3 Å². The van der Waals surface area contributed by atoms with E-state index in [1.807, 2.05) is 0 Å². The molecule has 16 heavy (non-hydrogen) atoms. The summed E-state index contributed by atoms with van der Waals surface area (Å²) < 4.78 is 0. The summed E-state index contributed by atoms with van der Waals surface area (Å²) in [6.45, 7) is 11.1. The van der Waals surface area contributed by atoms with E-state index in [-0.39, 0.29) is 0 Å². The van der Waals surface area contributed by atoms with Crippen molar-refractivity contribution in [3.8, 4) is 0 Å². The van der Waals surface area contributed by atoms with Crippen LogP contribution in [0.1, 0.15) is 36.1 Å². The van der Waals surface area contributed by atoms with Gasteiger partial charge in [0.15, 0.2) is 0 Å². The lowest BCUT2D eigenvalue weighted by Crippen LogP contribution is -2.15. The molecule has 0 aliphatic heterocycles. The monoisotopic (exact) mass is 238 g/mol. The van der Waals surface area contributed by atoms with E-state index in [1.54, 1.807) is 0 Å². The Morgan fingerprint density at radius 1 is 1.06 bits per heavy atom. The van der Waals surface area contributed by atoms with Gasteiger partial charge in [0.1, 0.15) is 0 Å². The zero-order valence-corrected chi connectivity index (χ0v) is 11.9. The molecule has 0 nitrogen and oxygen atoms in total. The SMILES string of the molecule is Cc1cc(C)c(CC(CCl)C(C)C)c(C)c1. The highest BCUT2D eigenvalue weighted by molar-refractivity contribution is 6.18. The maximum Gasteiger partial charge on any atom is 0.0257 e. The summed E-state index contributed by atoms with van der Waals surface area (Å²) in [5.74, 6) is 1.99. The van der Waals surface area contributed by atoms with Gasteiger partial charge in [-0.2, -0.15) is 0 Å². The molecule has 0 saturated carbocycles. The van der Waals surface area contributed by atoms with Crippen LogP contribution in [-0.4, -0.2) is 5.88 Å². The first-order chi connectivity index (χ1) is 7.45. The van der Waals surface area contributed by atoms with E-state index >= 15 is 0 Å². The van der Waals surface area contributed by atoms with E-state index in [2.05, 4.69) is 46.8 Å². The lowest BCUT2D eigenvalue weighted by Gasteiger charge is -2.21. The van der Waals surface area contributed by atoms with E-state index in [9.17, 15) is 0 Å². The second-order valence-electron chi connectivity index (χ2n) is 5.24. The molecule has 0 spiro atoms. The molecular formula is C15H23Cl. The van der Waals surface area contributed by atoms with Crippen molar-refractivity contribution < 1.29 is 0 Å². The molecule has 1 aromatic carbocycles. The standard InChI is InChI=1S/C15H23Cl/c1-10(2)14(9-16)8-15-12(4)6-11(3)7-13(15)5/h6-7,10,14H,8-9H2,1-5H3. The van der Waals surface area contributed by atoms with Gasteiger partial charge < -0.3 is 0 Å². The van der Waals surface area contributed by atoms with Crippen molar-refractivity contribution in [3.63, 3.8) is 0 Å². The van der Waals surface area contributed by atoms with E-state index in [4.69, 9.17) is 11.6 Å². The van der Waals surface area contributed by atoms with Crippen molar-refractivity contribution in [3.05, 3.63) is 34.4 Å². The van der Waals surface area contributed by atoms with Crippen molar-refractivity contribution >= 4 is 11.6 Å². The average Bonchev–Trinajstić information content (AvgIpc) is 2.15. The fourth-order valence-electron chi connectivity index (χ4n) is 2.26. The molecule has 0 fully saturated rings. The van der Waals surface area contributed by atoms with Gasteiger partial charge in [-0.05, 0) is 55.7 Å². The van der Waals surface area contributed by atoms with Crippen LogP contribution in [0.2, 0.25) is 0 Å². The number of benzene rings is 1. The van der Waals surface area contributed by atoms with Crippen LogP contribution in [0.25, 0.3) is 0 Å². The third-order valence-corrected chi connectivity index (χ3v) is 3.84. The molecule has 1 unspecified atom stereocenters. The van der Waals surface area contributed by atoms with Gasteiger partial charge in [0.25, 0.3) is 0 Å². The van der Waals surface area contributed by atoms with Gasteiger partial charge in [-0.25, -0.2) is 0 Å². The molecule has 0 aliphatic carbocycles. The van der Waals surface area contributed by atoms with Crippen LogP contribution in [-0.2, 0) is 6.42 Å². The quantitative estimate of drug-likeness (QED) is 0.669. The van der Waals surface area contributed by atoms with Gasteiger partial charge in [-0.3, -0.25) is 0 Å². The van der Waals surface area contributed by atoms with E-state index in [0.29, 0.717) is 11.8 Å². The summed E-state index contributed by atoms with van der Waals surface area (Å²) >= 11 is 6.05. The van der Waals surface area contributed by atoms with Crippen LogP contribution in [0, 0.1) is 32.6 Å². The Balaban J connectivity index is 2.96. The summed E-state index contributed by atoms with van der Waals surface area (Å²) in [5.41, 5.74) is 5.66. The normalized spacial score (nSPS) is 13.2. The van der Waals surface area contributed by atoms with Gasteiger partial charge in [0, 0.05) is 5.88 Å². The number of hydrogen-bond donors (Lipinski definition) is 0. The van der Waals surface area contributed by atoms with Crippen LogP contribution in [0.15, 0.2) is 12.1 Å². The Morgan fingerprint density at radius 2 is 1.56 bits per heavy atom. The zero-order chi connectivity index (χ0) is 12.3. The second-order valence-corrected chi connectivity index (χ2v) is 5.55. The summed E-state index contributed by atoms with van der Waals surface area (Å²) in [4.78, 5) is 0. The summed E-state index contributed by atoms with van der Waals surface area (Å²) in [6, 6.07) is 4.54. The van der Waals surface area contributed by atoms with Gasteiger partial charge in [0.05, 0.1) is 0 Å². The fourth-order valence-corrected chi connectivity index (χ4v) is 2.73. The van der Waals surface area contributed by atoms with E-state index in [0.717, 1.165) is 12.3 Å². The maximum absolute atomic E-state index is 6.05. The number of alkyl halides is 1. The first-order valence-corrected chi connectivity index (χ1v) is 6.61. The minimum Gasteiger partial charge on any atom is -0.126 e.